The van der Waals surface area contributed by atoms with Crippen molar-refractivity contribution in [3.8, 4) is 5.75 Å². The first-order valence-electron chi connectivity index (χ1n) is 10.3. The molecule has 0 aliphatic carbocycles. The Morgan fingerprint density at radius 2 is 1.76 bits per heavy atom. The lowest BCUT2D eigenvalue weighted by Gasteiger charge is -2.31. The van der Waals surface area contributed by atoms with E-state index in [1.54, 1.807) is 0 Å². The van der Waals surface area contributed by atoms with Gasteiger partial charge in [0.2, 0.25) is 0 Å². The number of hydrogen-bond acceptors (Lipinski definition) is 3. The number of aryl methyl sites for hydroxylation is 1. The minimum Gasteiger partial charge on any atom is -0.489 e. The van der Waals surface area contributed by atoms with Gasteiger partial charge in [0.25, 0.3) is 5.91 Å². The molecule has 0 N–H and O–H groups in total. The summed E-state index contributed by atoms with van der Waals surface area (Å²) in [6.07, 6.45) is 3.27. The molecule has 0 radical (unpaired) electrons. The average molecular weight is 406 g/mol. The van der Waals surface area contributed by atoms with Gasteiger partial charge in [-0.1, -0.05) is 48.0 Å². The minimum absolute atomic E-state index is 0.162. The second-order valence-corrected chi connectivity index (χ2v) is 8.76. The lowest BCUT2D eigenvalue weighted by molar-refractivity contribution is 0.0695. The molecule has 1 amide bonds. The molecule has 4 rings (SSSR count). The summed E-state index contributed by atoms with van der Waals surface area (Å²) in [5.74, 6) is 1.69. The molecule has 2 aromatic carbocycles. The first-order chi connectivity index (χ1) is 14.2. The van der Waals surface area contributed by atoms with Gasteiger partial charge in [0.1, 0.15) is 12.4 Å². The molecule has 0 spiro atoms. The van der Waals surface area contributed by atoms with Gasteiger partial charge in [-0.15, -0.1) is 11.3 Å². The molecule has 1 fully saturated rings. The van der Waals surface area contributed by atoms with Gasteiger partial charge in [-0.2, -0.15) is 0 Å². The number of carbonyl (C=O) groups is 1. The van der Waals surface area contributed by atoms with Crippen molar-refractivity contribution in [1.29, 1.82) is 0 Å². The van der Waals surface area contributed by atoms with E-state index in [0.717, 1.165) is 48.5 Å². The topological polar surface area (TPSA) is 29.5 Å². The van der Waals surface area contributed by atoms with Gasteiger partial charge < -0.3 is 9.64 Å². The fourth-order valence-corrected chi connectivity index (χ4v) is 4.67. The van der Waals surface area contributed by atoms with Crippen LogP contribution >= 0.6 is 11.3 Å². The summed E-state index contributed by atoms with van der Waals surface area (Å²) in [4.78, 5) is 15.7. The SMILES string of the molecule is Cc1ccc(OCc2csc(C(=O)N3CCC(Cc4ccccc4)CC3)c2)cc1. The van der Waals surface area contributed by atoms with Crippen LogP contribution < -0.4 is 4.74 Å². The fourth-order valence-electron chi connectivity index (χ4n) is 3.81. The Hall–Kier alpha value is -2.59. The predicted molar refractivity (Wildman–Crippen MR) is 119 cm³/mol. The Morgan fingerprint density at radius 1 is 1.03 bits per heavy atom. The largest absolute Gasteiger partial charge is 0.489 e. The van der Waals surface area contributed by atoms with E-state index in [2.05, 4.69) is 37.3 Å². The third kappa shape index (κ3) is 5.27. The van der Waals surface area contributed by atoms with E-state index in [1.165, 1.54) is 22.5 Å². The molecular weight excluding hydrogens is 378 g/mol. The average Bonchev–Trinajstić information content (AvgIpc) is 3.23. The second kappa shape index (κ2) is 9.27. The zero-order chi connectivity index (χ0) is 20.1. The highest BCUT2D eigenvalue weighted by molar-refractivity contribution is 7.12. The summed E-state index contributed by atoms with van der Waals surface area (Å²) < 4.78 is 5.84. The molecule has 3 aromatic rings. The highest BCUT2D eigenvalue weighted by atomic mass is 32.1. The number of hydrogen-bond donors (Lipinski definition) is 0. The summed E-state index contributed by atoms with van der Waals surface area (Å²) in [6.45, 7) is 4.25. The Labute approximate surface area is 176 Å². The Morgan fingerprint density at radius 3 is 2.48 bits per heavy atom. The Balaban J connectivity index is 1.27. The van der Waals surface area contributed by atoms with E-state index in [9.17, 15) is 4.79 Å². The van der Waals surface area contributed by atoms with Crippen LogP contribution in [0.1, 0.15) is 39.2 Å². The molecule has 0 saturated carbocycles. The predicted octanol–water partition coefficient (Wildman–Crippen LogP) is 5.73. The van der Waals surface area contributed by atoms with Gasteiger partial charge in [-0.3, -0.25) is 4.79 Å². The molecule has 1 aliphatic heterocycles. The molecule has 0 unspecified atom stereocenters. The number of benzene rings is 2. The summed E-state index contributed by atoms with van der Waals surface area (Å²) in [7, 11) is 0. The quantitative estimate of drug-likeness (QED) is 0.524. The second-order valence-electron chi connectivity index (χ2n) is 7.85. The molecule has 0 bridgehead atoms. The number of ether oxygens (including phenoxy) is 1. The number of amides is 1. The Bertz CT molecular complexity index is 925. The minimum atomic E-state index is 0.162. The van der Waals surface area contributed by atoms with E-state index in [-0.39, 0.29) is 5.91 Å². The zero-order valence-electron chi connectivity index (χ0n) is 16.8. The van der Waals surface area contributed by atoms with Gasteiger partial charge in [0, 0.05) is 18.7 Å². The van der Waals surface area contributed by atoms with Crippen molar-refractivity contribution in [2.24, 2.45) is 5.92 Å². The summed E-state index contributed by atoms with van der Waals surface area (Å²) in [5, 5.41) is 2.03. The summed E-state index contributed by atoms with van der Waals surface area (Å²) in [6, 6.07) is 20.7. The highest BCUT2D eigenvalue weighted by Crippen LogP contribution is 2.25. The number of thiophene rings is 1. The van der Waals surface area contributed by atoms with Gasteiger partial charge in [-0.25, -0.2) is 0 Å². The third-order valence-electron chi connectivity index (χ3n) is 5.56. The maximum atomic E-state index is 12.9. The molecule has 0 atom stereocenters. The molecule has 150 valence electrons. The molecule has 4 heteroatoms. The van der Waals surface area contributed by atoms with Crippen molar-refractivity contribution in [2.75, 3.05) is 13.1 Å². The van der Waals surface area contributed by atoms with Crippen molar-refractivity contribution in [1.82, 2.24) is 4.90 Å². The van der Waals surface area contributed by atoms with Crippen molar-refractivity contribution in [3.63, 3.8) is 0 Å². The molecular formula is C25H27NO2S. The first kappa shape index (κ1) is 19.7. The monoisotopic (exact) mass is 405 g/mol. The van der Waals surface area contributed by atoms with Gasteiger partial charge in [0.05, 0.1) is 4.88 Å². The number of nitrogens with zero attached hydrogens (tertiary/aromatic N) is 1. The maximum absolute atomic E-state index is 12.9. The maximum Gasteiger partial charge on any atom is 0.263 e. The van der Waals surface area contributed by atoms with Gasteiger partial charge in [0.15, 0.2) is 0 Å². The van der Waals surface area contributed by atoms with E-state index >= 15 is 0 Å². The smallest absolute Gasteiger partial charge is 0.263 e. The fraction of sp³-hybridized carbons (Fsp3) is 0.320. The molecule has 29 heavy (non-hydrogen) atoms. The van der Waals surface area contributed by atoms with Crippen molar-refractivity contribution in [2.45, 2.75) is 32.8 Å². The van der Waals surface area contributed by atoms with E-state index in [1.807, 2.05) is 40.6 Å². The zero-order valence-corrected chi connectivity index (χ0v) is 17.7. The number of rotatable bonds is 6. The van der Waals surface area contributed by atoms with E-state index in [4.69, 9.17) is 4.74 Å². The van der Waals surface area contributed by atoms with E-state index < -0.39 is 0 Å². The first-order valence-corrected chi connectivity index (χ1v) is 11.2. The standard InChI is InChI=1S/C25H27NO2S/c1-19-7-9-23(10-8-19)28-17-22-16-24(29-18-22)25(27)26-13-11-21(12-14-26)15-20-5-3-2-4-6-20/h2-10,16,18,21H,11-15,17H2,1H3. The summed E-state index contributed by atoms with van der Waals surface area (Å²) >= 11 is 1.52. The van der Waals surface area contributed by atoms with Gasteiger partial charge in [-0.05, 0) is 61.2 Å². The number of piperidine rings is 1. The van der Waals surface area contributed by atoms with Crippen LogP contribution in [0.2, 0.25) is 0 Å². The highest BCUT2D eigenvalue weighted by Gasteiger charge is 2.24. The van der Waals surface area contributed by atoms with Crippen LogP contribution in [-0.2, 0) is 13.0 Å². The van der Waals surface area contributed by atoms with Crippen molar-refractivity contribution < 1.29 is 9.53 Å². The molecule has 2 heterocycles. The Kier molecular flexibility index (Phi) is 6.30. The lowest BCUT2D eigenvalue weighted by Crippen LogP contribution is -2.38. The van der Waals surface area contributed by atoms with Crippen LogP contribution in [0.15, 0.2) is 66.0 Å². The molecule has 3 nitrogen and oxygen atoms in total. The molecule has 1 aromatic heterocycles. The van der Waals surface area contributed by atoms with Crippen LogP contribution in [0.5, 0.6) is 5.75 Å². The van der Waals surface area contributed by atoms with Crippen LogP contribution in [0, 0.1) is 12.8 Å². The van der Waals surface area contributed by atoms with Crippen LogP contribution in [0.3, 0.4) is 0 Å². The summed E-state index contributed by atoms with van der Waals surface area (Å²) in [5.41, 5.74) is 3.67. The van der Waals surface area contributed by atoms with E-state index in [0.29, 0.717) is 12.5 Å². The van der Waals surface area contributed by atoms with Crippen LogP contribution in [0.25, 0.3) is 0 Å². The van der Waals surface area contributed by atoms with Crippen LogP contribution in [0.4, 0.5) is 0 Å². The number of carbonyl (C=O) groups excluding carboxylic acids is 1. The molecule has 1 aliphatic rings. The lowest BCUT2D eigenvalue weighted by atomic mass is 9.90. The van der Waals surface area contributed by atoms with Crippen molar-refractivity contribution in [3.05, 3.63) is 87.6 Å². The molecule has 1 saturated heterocycles. The third-order valence-corrected chi connectivity index (χ3v) is 6.53. The van der Waals surface area contributed by atoms with Crippen LogP contribution in [-0.4, -0.2) is 23.9 Å². The normalized spacial score (nSPS) is 14.7. The van der Waals surface area contributed by atoms with Gasteiger partial charge >= 0.3 is 0 Å². The number of likely N-dealkylation sites (tertiary alicyclic amines) is 1. The van der Waals surface area contributed by atoms with Crippen molar-refractivity contribution >= 4 is 17.2 Å².